The minimum absolute atomic E-state index is 0.308. The lowest BCUT2D eigenvalue weighted by molar-refractivity contribution is 0.377. The number of nitrogens with zero attached hydrogens (tertiary/aromatic N) is 1. The summed E-state index contributed by atoms with van der Waals surface area (Å²) in [4.78, 5) is 4.57. The fraction of sp³-hybridized carbons (Fsp3) is 0.560. The van der Waals surface area contributed by atoms with E-state index >= 15 is 0 Å². The van der Waals surface area contributed by atoms with E-state index in [9.17, 15) is 0 Å². The van der Waals surface area contributed by atoms with E-state index in [1.54, 1.807) is 5.57 Å². The second-order valence-corrected chi connectivity index (χ2v) is 8.30. The van der Waals surface area contributed by atoms with Gasteiger partial charge < -0.3 is 0 Å². The van der Waals surface area contributed by atoms with Crippen molar-refractivity contribution >= 4 is 5.71 Å². The minimum atomic E-state index is 0.308. The van der Waals surface area contributed by atoms with Crippen molar-refractivity contribution in [1.82, 2.24) is 0 Å². The van der Waals surface area contributed by atoms with Gasteiger partial charge in [0.2, 0.25) is 0 Å². The summed E-state index contributed by atoms with van der Waals surface area (Å²) in [6, 6.07) is 0. The average molecular weight is 354 g/mol. The Balaban J connectivity index is 2.70. The zero-order chi connectivity index (χ0) is 19.6. The molecular weight excluding hydrogens is 314 g/mol. The van der Waals surface area contributed by atoms with Gasteiger partial charge in [-0.05, 0) is 76.0 Å². The van der Waals surface area contributed by atoms with Crippen molar-refractivity contribution < 1.29 is 0 Å². The molecule has 0 spiro atoms. The molecule has 1 heteroatoms. The quantitative estimate of drug-likeness (QED) is 0.240. The van der Waals surface area contributed by atoms with Crippen LogP contribution in [-0.4, -0.2) is 12.3 Å². The Hall–Kier alpha value is -1.63. The van der Waals surface area contributed by atoms with Gasteiger partial charge in [0.25, 0.3) is 0 Å². The fourth-order valence-electron chi connectivity index (χ4n) is 3.47. The van der Waals surface area contributed by atoms with Crippen LogP contribution in [0.25, 0.3) is 0 Å². The van der Waals surface area contributed by atoms with Crippen molar-refractivity contribution in [2.75, 3.05) is 6.54 Å². The summed E-state index contributed by atoms with van der Waals surface area (Å²) in [5.74, 6) is 0. The number of rotatable bonds is 8. The van der Waals surface area contributed by atoms with Gasteiger partial charge in [0, 0.05) is 12.3 Å². The summed E-state index contributed by atoms with van der Waals surface area (Å²) >= 11 is 0. The maximum absolute atomic E-state index is 4.57. The zero-order valence-corrected chi connectivity index (χ0v) is 18.2. The second kappa shape index (κ2) is 11.2. The van der Waals surface area contributed by atoms with Crippen molar-refractivity contribution in [3.63, 3.8) is 0 Å². The predicted molar refractivity (Wildman–Crippen MR) is 119 cm³/mol. The van der Waals surface area contributed by atoms with Gasteiger partial charge in [-0.1, -0.05) is 68.7 Å². The summed E-state index contributed by atoms with van der Waals surface area (Å²) in [6.45, 7) is 16.5. The number of aliphatic imine (C=N–C) groups is 1. The summed E-state index contributed by atoms with van der Waals surface area (Å²) in [5, 5.41) is 0. The van der Waals surface area contributed by atoms with Crippen LogP contribution in [0.15, 0.2) is 63.7 Å². The van der Waals surface area contributed by atoms with E-state index in [-0.39, 0.29) is 0 Å². The fourth-order valence-corrected chi connectivity index (χ4v) is 3.47. The SMILES string of the molecule is CCCCN=C(C)/C=C(C)/C=C/C=C(C)/C=C/C1=C(C)CCCC1(C)C. The van der Waals surface area contributed by atoms with Gasteiger partial charge in [0.15, 0.2) is 0 Å². The molecule has 0 heterocycles. The molecule has 0 amide bonds. The van der Waals surface area contributed by atoms with Crippen LogP contribution >= 0.6 is 0 Å². The first-order chi connectivity index (χ1) is 12.3. The van der Waals surface area contributed by atoms with Crippen LogP contribution in [0, 0.1) is 5.41 Å². The summed E-state index contributed by atoms with van der Waals surface area (Å²) in [6.07, 6.45) is 19.4. The average Bonchev–Trinajstić information content (AvgIpc) is 2.54. The Labute approximate surface area is 162 Å². The smallest absolute Gasteiger partial charge is 0.0392 e. The number of unbranched alkanes of at least 4 members (excludes halogenated alkanes) is 1. The lowest BCUT2D eigenvalue weighted by Gasteiger charge is -2.32. The zero-order valence-electron chi connectivity index (χ0n) is 18.2. The van der Waals surface area contributed by atoms with Crippen LogP contribution in [0.5, 0.6) is 0 Å². The molecule has 1 rings (SSSR count). The Bertz CT molecular complexity index is 633. The van der Waals surface area contributed by atoms with E-state index in [4.69, 9.17) is 0 Å². The van der Waals surface area contributed by atoms with Gasteiger partial charge in [-0.15, -0.1) is 0 Å². The largest absolute Gasteiger partial charge is 0.290 e. The highest BCUT2D eigenvalue weighted by Crippen LogP contribution is 2.40. The molecule has 0 aliphatic heterocycles. The third-order valence-electron chi connectivity index (χ3n) is 5.08. The monoisotopic (exact) mass is 353 g/mol. The molecule has 0 aromatic heterocycles. The topological polar surface area (TPSA) is 12.4 Å². The number of hydrogen-bond acceptors (Lipinski definition) is 1. The summed E-state index contributed by atoms with van der Waals surface area (Å²) in [7, 11) is 0. The van der Waals surface area contributed by atoms with Crippen LogP contribution in [0.1, 0.15) is 80.6 Å². The first-order valence-corrected chi connectivity index (χ1v) is 10.2. The summed E-state index contributed by atoms with van der Waals surface area (Å²) in [5.41, 5.74) is 7.02. The van der Waals surface area contributed by atoms with Crippen LogP contribution in [0.4, 0.5) is 0 Å². The molecule has 0 bridgehead atoms. The molecule has 0 fully saturated rings. The second-order valence-electron chi connectivity index (χ2n) is 8.30. The van der Waals surface area contributed by atoms with E-state index < -0.39 is 0 Å². The molecule has 1 nitrogen and oxygen atoms in total. The van der Waals surface area contributed by atoms with Crippen LogP contribution in [0.3, 0.4) is 0 Å². The molecule has 0 aromatic carbocycles. The Morgan fingerprint density at radius 3 is 2.50 bits per heavy atom. The van der Waals surface area contributed by atoms with Gasteiger partial charge in [-0.25, -0.2) is 0 Å². The van der Waals surface area contributed by atoms with Crippen LogP contribution < -0.4 is 0 Å². The molecule has 144 valence electrons. The molecule has 0 radical (unpaired) electrons. The van der Waals surface area contributed by atoms with Gasteiger partial charge in [0.1, 0.15) is 0 Å². The lowest BCUT2D eigenvalue weighted by atomic mass is 9.72. The summed E-state index contributed by atoms with van der Waals surface area (Å²) < 4.78 is 0. The Morgan fingerprint density at radius 2 is 1.85 bits per heavy atom. The third-order valence-corrected chi connectivity index (χ3v) is 5.08. The van der Waals surface area contributed by atoms with E-state index in [1.165, 1.54) is 48.8 Å². The molecule has 1 aliphatic rings. The first-order valence-electron chi connectivity index (χ1n) is 10.2. The van der Waals surface area contributed by atoms with E-state index in [0.717, 1.165) is 12.3 Å². The van der Waals surface area contributed by atoms with Crippen molar-refractivity contribution in [2.24, 2.45) is 10.4 Å². The van der Waals surface area contributed by atoms with Crippen molar-refractivity contribution in [2.45, 2.75) is 80.6 Å². The predicted octanol–water partition coefficient (Wildman–Crippen LogP) is 7.78. The number of allylic oxidation sites excluding steroid dienone is 10. The van der Waals surface area contributed by atoms with Gasteiger partial charge in [0.05, 0.1) is 0 Å². The normalized spacial score (nSPS) is 19.9. The first kappa shape index (κ1) is 22.4. The minimum Gasteiger partial charge on any atom is -0.290 e. The maximum atomic E-state index is 4.57. The Morgan fingerprint density at radius 1 is 1.12 bits per heavy atom. The van der Waals surface area contributed by atoms with Crippen molar-refractivity contribution in [3.05, 3.63) is 58.7 Å². The standard InChI is InChI=1S/C25H39N/c1-8-9-18-26-23(5)19-21(3)13-10-12-20(2)15-16-24-22(4)14-11-17-25(24,6)7/h10,12-13,15-16,19H,8-9,11,14,17-18H2,1-7H3/b13-10+,16-15+,20-12+,21-19+,26-23?. The lowest BCUT2D eigenvalue weighted by Crippen LogP contribution is -2.19. The van der Waals surface area contributed by atoms with Crippen LogP contribution in [-0.2, 0) is 0 Å². The third kappa shape index (κ3) is 8.17. The Kier molecular flexibility index (Phi) is 9.62. The molecular formula is C25H39N. The van der Waals surface area contributed by atoms with Gasteiger partial charge >= 0.3 is 0 Å². The molecule has 0 saturated heterocycles. The molecule has 1 aliphatic carbocycles. The molecule has 0 aromatic rings. The highest BCUT2D eigenvalue weighted by Gasteiger charge is 2.26. The van der Waals surface area contributed by atoms with Crippen LogP contribution in [0.2, 0.25) is 0 Å². The van der Waals surface area contributed by atoms with Gasteiger partial charge in [-0.2, -0.15) is 0 Å². The van der Waals surface area contributed by atoms with E-state index in [2.05, 4.69) is 89.9 Å². The molecule has 26 heavy (non-hydrogen) atoms. The molecule has 0 unspecified atom stereocenters. The van der Waals surface area contributed by atoms with Crippen molar-refractivity contribution in [3.8, 4) is 0 Å². The van der Waals surface area contributed by atoms with Crippen molar-refractivity contribution in [1.29, 1.82) is 0 Å². The molecule has 0 N–H and O–H groups in total. The molecule has 0 atom stereocenters. The van der Waals surface area contributed by atoms with E-state index in [0.29, 0.717) is 5.41 Å². The highest BCUT2D eigenvalue weighted by atomic mass is 14.7. The van der Waals surface area contributed by atoms with E-state index in [1.807, 2.05) is 0 Å². The van der Waals surface area contributed by atoms with Gasteiger partial charge in [-0.3, -0.25) is 4.99 Å². The molecule has 0 saturated carbocycles. The number of hydrogen-bond donors (Lipinski definition) is 0. The highest BCUT2D eigenvalue weighted by molar-refractivity contribution is 5.93. The maximum Gasteiger partial charge on any atom is 0.0392 e.